The number of hydrogen-bond acceptors (Lipinski definition) is 2. The molecule has 0 N–H and O–H groups in total. The van der Waals surface area contributed by atoms with E-state index in [1.165, 1.54) is 11.1 Å². The predicted molar refractivity (Wildman–Crippen MR) is 108 cm³/mol. The summed E-state index contributed by atoms with van der Waals surface area (Å²) in [5.41, 5.74) is 2.34. The molecule has 0 aliphatic heterocycles. The minimum Gasteiger partial charge on any atom is -0.490 e. The molecule has 2 nitrogen and oxygen atoms in total. The van der Waals surface area contributed by atoms with Gasteiger partial charge in [0.2, 0.25) is 0 Å². The Kier molecular flexibility index (Phi) is 6.68. The lowest BCUT2D eigenvalue weighted by Crippen LogP contribution is -1.95. The molecule has 130 valence electrons. The van der Waals surface area contributed by atoms with E-state index >= 15 is 0 Å². The van der Waals surface area contributed by atoms with Crippen molar-refractivity contribution in [3.05, 3.63) is 108 Å². The molecular formula is C24H22O2. The average molecular weight is 342 g/mol. The van der Waals surface area contributed by atoms with E-state index in [1.54, 1.807) is 0 Å². The Labute approximate surface area is 155 Å². The van der Waals surface area contributed by atoms with Crippen LogP contribution in [-0.2, 0) is 0 Å². The molecule has 0 bridgehead atoms. The van der Waals surface area contributed by atoms with Crippen molar-refractivity contribution in [1.82, 2.24) is 0 Å². The van der Waals surface area contributed by atoms with Gasteiger partial charge in [0.05, 0.1) is 0 Å². The molecule has 0 atom stereocenters. The van der Waals surface area contributed by atoms with Crippen molar-refractivity contribution in [2.45, 2.75) is 0 Å². The standard InChI is InChI=1S/C24H22O2/c1-3-9-21(10-4-1)13-7-19-25-23-15-17-24(18-16-23)26-20-8-14-22-11-5-2-6-12-22/h1-18H,19-20H2/b13-7+,14-8+. The summed E-state index contributed by atoms with van der Waals surface area (Å²) in [6.45, 7) is 1.07. The number of rotatable bonds is 8. The molecular weight excluding hydrogens is 320 g/mol. The lowest BCUT2D eigenvalue weighted by Gasteiger charge is -2.06. The van der Waals surface area contributed by atoms with Gasteiger partial charge in [0.25, 0.3) is 0 Å². The Bertz CT molecular complexity index is 747. The SMILES string of the molecule is C(=C\c1ccccc1)/COc1ccc(OC/C=C/c2ccccc2)cc1. The number of benzene rings is 3. The first-order valence-electron chi connectivity index (χ1n) is 8.69. The minimum absolute atomic E-state index is 0.537. The van der Waals surface area contributed by atoms with E-state index in [1.807, 2.05) is 72.8 Å². The summed E-state index contributed by atoms with van der Waals surface area (Å²) in [6.07, 6.45) is 8.12. The summed E-state index contributed by atoms with van der Waals surface area (Å²) < 4.78 is 11.4. The van der Waals surface area contributed by atoms with Gasteiger partial charge in [-0.25, -0.2) is 0 Å². The fourth-order valence-electron chi connectivity index (χ4n) is 2.42. The lowest BCUT2D eigenvalue weighted by atomic mass is 10.2. The molecule has 0 aromatic heterocycles. The van der Waals surface area contributed by atoms with Gasteiger partial charge in [0.1, 0.15) is 24.7 Å². The average Bonchev–Trinajstić information content (AvgIpc) is 2.71. The minimum atomic E-state index is 0.537. The third kappa shape index (κ3) is 5.99. The Morgan fingerprint density at radius 1 is 0.500 bits per heavy atom. The van der Waals surface area contributed by atoms with Crippen molar-refractivity contribution in [2.24, 2.45) is 0 Å². The molecule has 0 heterocycles. The van der Waals surface area contributed by atoms with Crippen LogP contribution >= 0.6 is 0 Å². The van der Waals surface area contributed by atoms with Crippen molar-refractivity contribution >= 4 is 12.2 Å². The molecule has 0 fully saturated rings. The fraction of sp³-hybridized carbons (Fsp3) is 0.0833. The second kappa shape index (κ2) is 9.90. The van der Waals surface area contributed by atoms with Crippen LogP contribution in [-0.4, -0.2) is 13.2 Å². The normalized spacial score (nSPS) is 11.1. The van der Waals surface area contributed by atoms with Gasteiger partial charge in [-0.05, 0) is 47.5 Å². The van der Waals surface area contributed by atoms with E-state index in [0.717, 1.165) is 11.5 Å². The molecule has 0 amide bonds. The maximum absolute atomic E-state index is 5.71. The first kappa shape index (κ1) is 17.6. The molecule has 2 heteroatoms. The van der Waals surface area contributed by atoms with Gasteiger partial charge in [0.15, 0.2) is 0 Å². The maximum Gasteiger partial charge on any atom is 0.120 e. The topological polar surface area (TPSA) is 18.5 Å². The highest BCUT2D eigenvalue weighted by molar-refractivity contribution is 5.49. The maximum atomic E-state index is 5.71. The molecule has 0 aliphatic carbocycles. The van der Waals surface area contributed by atoms with E-state index in [2.05, 4.69) is 36.4 Å². The highest BCUT2D eigenvalue weighted by Crippen LogP contribution is 2.17. The number of hydrogen-bond donors (Lipinski definition) is 0. The van der Waals surface area contributed by atoms with E-state index < -0.39 is 0 Å². The molecule has 3 rings (SSSR count). The van der Waals surface area contributed by atoms with Crippen LogP contribution < -0.4 is 9.47 Å². The van der Waals surface area contributed by atoms with E-state index in [-0.39, 0.29) is 0 Å². The van der Waals surface area contributed by atoms with Gasteiger partial charge in [-0.2, -0.15) is 0 Å². The van der Waals surface area contributed by atoms with Crippen LogP contribution in [0, 0.1) is 0 Å². The van der Waals surface area contributed by atoms with Crippen LogP contribution in [0.4, 0.5) is 0 Å². The monoisotopic (exact) mass is 342 g/mol. The second-order valence-corrected chi connectivity index (χ2v) is 5.72. The smallest absolute Gasteiger partial charge is 0.120 e. The summed E-state index contributed by atoms with van der Waals surface area (Å²) in [6, 6.07) is 28.1. The molecule has 0 unspecified atom stereocenters. The summed E-state index contributed by atoms with van der Waals surface area (Å²) in [5.74, 6) is 1.66. The van der Waals surface area contributed by atoms with Crippen LogP contribution in [0.5, 0.6) is 11.5 Å². The summed E-state index contributed by atoms with van der Waals surface area (Å²) >= 11 is 0. The quantitative estimate of drug-likeness (QED) is 0.509. The van der Waals surface area contributed by atoms with Crippen LogP contribution in [0.1, 0.15) is 11.1 Å². The first-order valence-corrected chi connectivity index (χ1v) is 8.69. The molecule has 0 saturated heterocycles. The Hall–Kier alpha value is -3.26. The fourth-order valence-corrected chi connectivity index (χ4v) is 2.42. The van der Waals surface area contributed by atoms with E-state index in [4.69, 9.17) is 9.47 Å². The summed E-state index contributed by atoms with van der Waals surface area (Å²) in [4.78, 5) is 0. The molecule has 3 aromatic carbocycles. The van der Waals surface area contributed by atoms with E-state index in [9.17, 15) is 0 Å². The highest BCUT2D eigenvalue weighted by atomic mass is 16.5. The zero-order valence-electron chi connectivity index (χ0n) is 14.6. The van der Waals surface area contributed by atoms with Crippen LogP contribution in [0.2, 0.25) is 0 Å². The Morgan fingerprint density at radius 2 is 0.885 bits per heavy atom. The Balaban J connectivity index is 1.40. The van der Waals surface area contributed by atoms with Crippen molar-refractivity contribution in [1.29, 1.82) is 0 Å². The van der Waals surface area contributed by atoms with Gasteiger partial charge < -0.3 is 9.47 Å². The van der Waals surface area contributed by atoms with Gasteiger partial charge in [0, 0.05) is 0 Å². The van der Waals surface area contributed by atoms with Crippen molar-refractivity contribution < 1.29 is 9.47 Å². The zero-order chi connectivity index (χ0) is 17.9. The van der Waals surface area contributed by atoms with Gasteiger partial charge >= 0.3 is 0 Å². The molecule has 0 radical (unpaired) electrons. The summed E-state index contributed by atoms with van der Waals surface area (Å²) in [7, 11) is 0. The van der Waals surface area contributed by atoms with Crippen molar-refractivity contribution in [3.8, 4) is 11.5 Å². The lowest BCUT2D eigenvalue weighted by molar-refractivity contribution is 0.353. The van der Waals surface area contributed by atoms with E-state index in [0.29, 0.717) is 13.2 Å². The molecule has 3 aromatic rings. The first-order chi connectivity index (χ1) is 12.9. The van der Waals surface area contributed by atoms with Crippen molar-refractivity contribution in [2.75, 3.05) is 13.2 Å². The van der Waals surface area contributed by atoms with Crippen LogP contribution in [0.3, 0.4) is 0 Å². The summed E-state index contributed by atoms with van der Waals surface area (Å²) in [5, 5.41) is 0. The largest absolute Gasteiger partial charge is 0.490 e. The third-order valence-electron chi connectivity index (χ3n) is 3.74. The Morgan fingerprint density at radius 3 is 1.27 bits per heavy atom. The highest BCUT2D eigenvalue weighted by Gasteiger charge is 1.95. The molecule has 0 saturated carbocycles. The van der Waals surface area contributed by atoms with Gasteiger partial charge in [-0.15, -0.1) is 0 Å². The molecule has 0 aliphatic rings. The molecule has 26 heavy (non-hydrogen) atoms. The van der Waals surface area contributed by atoms with Gasteiger partial charge in [-0.3, -0.25) is 0 Å². The number of ether oxygens (including phenoxy) is 2. The van der Waals surface area contributed by atoms with Gasteiger partial charge in [-0.1, -0.05) is 72.8 Å². The third-order valence-corrected chi connectivity index (χ3v) is 3.74. The van der Waals surface area contributed by atoms with Crippen LogP contribution in [0.25, 0.3) is 12.2 Å². The molecule has 0 spiro atoms. The second-order valence-electron chi connectivity index (χ2n) is 5.72. The predicted octanol–water partition coefficient (Wildman–Crippen LogP) is 5.87. The van der Waals surface area contributed by atoms with Crippen LogP contribution in [0.15, 0.2) is 97.1 Å². The van der Waals surface area contributed by atoms with Crippen molar-refractivity contribution in [3.63, 3.8) is 0 Å². The zero-order valence-corrected chi connectivity index (χ0v) is 14.6.